The summed E-state index contributed by atoms with van der Waals surface area (Å²) >= 11 is 0. The summed E-state index contributed by atoms with van der Waals surface area (Å²) in [7, 11) is 0. The molecule has 0 radical (unpaired) electrons. The molecule has 1 aliphatic rings. The Morgan fingerprint density at radius 1 is 1.21 bits per heavy atom. The molecular formula is C21H27N5O3. The molecule has 0 atom stereocenters. The standard InChI is InChI=1S/C21H27N5O3/c1-3-29-21(28)26-12-9-17(10-13-26)24-20-22-11-8-18(25-20)19(27)23-14-16-7-5-4-6-15(16)2/h4-8,11,17H,3,9-10,12-14H2,1-2H3,(H,23,27)(H,22,24,25). The van der Waals surface area contributed by atoms with Crippen molar-refractivity contribution in [3.05, 3.63) is 53.3 Å². The van der Waals surface area contributed by atoms with Gasteiger partial charge in [0.2, 0.25) is 5.95 Å². The van der Waals surface area contributed by atoms with E-state index in [9.17, 15) is 9.59 Å². The molecule has 0 aliphatic carbocycles. The van der Waals surface area contributed by atoms with Crippen LogP contribution in [0.2, 0.25) is 0 Å². The summed E-state index contributed by atoms with van der Waals surface area (Å²) in [5, 5.41) is 6.17. The van der Waals surface area contributed by atoms with Crippen LogP contribution in [0.25, 0.3) is 0 Å². The van der Waals surface area contributed by atoms with Crippen LogP contribution in [0, 0.1) is 6.92 Å². The highest BCUT2D eigenvalue weighted by molar-refractivity contribution is 5.92. The summed E-state index contributed by atoms with van der Waals surface area (Å²) in [4.78, 5) is 34.5. The molecule has 8 heteroatoms. The van der Waals surface area contributed by atoms with Crippen molar-refractivity contribution < 1.29 is 14.3 Å². The summed E-state index contributed by atoms with van der Waals surface area (Å²) in [6, 6.07) is 9.68. The maximum atomic E-state index is 12.5. The molecule has 1 aliphatic heterocycles. The van der Waals surface area contributed by atoms with Crippen molar-refractivity contribution in [1.29, 1.82) is 0 Å². The van der Waals surface area contributed by atoms with Gasteiger partial charge in [0, 0.05) is 31.9 Å². The highest BCUT2D eigenvalue weighted by Gasteiger charge is 2.24. The molecule has 1 saturated heterocycles. The van der Waals surface area contributed by atoms with Crippen LogP contribution in [0.1, 0.15) is 41.4 Å². The molecular weight excluding hydrogens is 370 g/mol. The molecule has 1 aromatic heterocycles. The summed E-state index contributed by atoms with van der Waals surface area (Å²) in [6.45, 7) is 5.88. The molecule has 0 saturated carbocycles. The fourth-order valence-electron chi connectivity index (χ4n) is 3.23. The van der Waals surface area contributed by atoms with Crippen LogP contribution in [-0.2, 0) is 11.3 Å². The fourth-order valence-corrected chi connectivity index (χ4v) is 3.23. The van der Waals surface area contributed by atoms with Crippen molar-refractivity contribution in [1.82, 2.24) is 20.2 Å². The lowest BCUT2D eigenvalue weighted by atomic mass is 10.1. The zero-order valence-corrected chi connectivity index (χ0v) is 16.9. The van der Waals surface area contributed by atoms with E-state index in [1.54, 1.807) is 24.1 Å². The Labute approximate surface area is 170 Å². The second kappa shape index (κ2) is 9.86. The first-order valence-electron chi connectivity index (χ1n) is 9.90. The van der Waals surface area contributed by atoms with Gasteiger partial charge in [0.25, 0.3) is 5.91 Å². The van der Waals surface area contributed by atoms with E-state index in [-0.39, 0.29) is 18.0 Å². The predicted octanol–water partition coefficient (Wildman–Crippen LogP) is 2.75. The second-order valence-corrected chi connectivity index (χ2v) is 6.98. The van der Waals surface area contributed by atoms with Crippen molar-refractivity contribution in [3.63, 3.8) is 0 Å². The number of ether oxygens (including phenoxy) is 1. The minimum Gasteiger partial charge on any atom is -0.450 e. The quantitative estimate of drug-likeness (QED) is 0.778. The van der Waals surface area contributed by atoms with Gasteiger partial charge in [-0.05, 0) is 43.9 Å². The number of anilines is 1. The topological polar surface area (TPSA) is 96.5 Å². The SMILES string of the molecule is CCOC(=O)N1CCC(Nc2nccc(C(=O)NCc3ccccc3C)n2)CC1. The number of piperidine rings is 1. The molecule has 2 aromatic rings. The first-order chi connectivity index (χ1) is 14.1. The first kappa shape index (κ1) is 20.6. The number of amides is 2. The van der Waals surface area contributed by atoms with Gasteiger partial charge in [-0.2, -0.15) is 0 Å². The number of likely N-dealkylation sites (tertiary alicyclic amines) is 1. The summed E-state index contributed by atoms with van der Waals surface area (Å²) in [5.41, 5.74) is 2.52. The van der Waals surface area contributed by atoms with Gasteiger partial charge in [-0.3, -0.25) is 4.79 Å². The first-order valence-corrected chi connectivity index (χ1v) is 9.90. The Bertz CT molecular complexity index is 850. The maximum Gasteiger partial charge on any atom is 0.409 e. The number of aryl methyl sites for hydroxylation is 1. The number of hydrogen-bond acceptors (Lipinski definition) is 6. The van der Waals surface area contributed by atoms with E-state index < -0.39 is 0 Å². The van der Waals surface area contributed by atoms with Crippen molar-refractivity contribution in [2.75, 3.05) is 25.0 Å². The summed E-state index contributed by atoms with van der Waals surface area (Å²) in [6.07, 6.45) is 2.85. The van der Waals surface area contributed by atoms with Crippen LogP contribution in [0.5, 0.6) is 0 Å². The van der Waals surface area contributed by atoms with Crippen LogP contribution in [0.4, 0.5) is 10.7 Å². The zero-order valence-electron chi connectivity index (χ0n) is 16.9. The molecule has 0 unspecified atom stereocenters. The third-order valence-corrected chi connectivity index (χ3v) is 4.94. The predicted molar refractivity (Wildman–Crippen MR) is 110 cm³/mol. The van der Waals surface area contributed by atoms with Crippen molar-refractivity contribution in [2.24, 2.45) is 0 Å². The van der Waals surface area contributed by atoms with Crippen LogP contribution < -0.4 is 10.6 Å². The van der Waals surface area contributed by atoms with E-state index in [4.69, 9.17) is 4.74 Å². The lowest BCUT2D eigenvalue weighted by Gasteiger charge is -2.31. The Kier molecular flexibility index (Phi) is 6.99. The lowest BCUT2D eigenvalue weighted by Crippen LogP contribution is -2.42. The van der Waals surface area contributed by atoms with Gasteiger partial charge in [-0.1, -0.05) is 24.3 Å². The Morgan fingerprint density at radius 2 is 1.97 bits per heavy atom. The maximum absolute atomic E-state index is 12.5. The number of carbonyl (C=O) groups is 2. The van der Waals surface area contributed by atoms with E-state index in [1.165, 1.54) is 0 Å². The summed E-state index contributed by atoms with van der Waals surface area (Å²) < 4.78 is 5.04. The molecule has 3 rings (SSSR count). The van der Waals surface area contributed by atoms with Crippen molar-refractivity contribution >= 4 is 17.9 Å². The van der Waals surface area contributed by atoms with E-state index in [2.05, 4.69) is 20.6 Å². The number of rotatable bonds is 6. The van der Waals surface area contributed by atoms with Crippen LogP contribution in [-0.4, -0.2) is 52.6 Å². The minimum absolute atomic E-state index is 0.144. The van der Waals surface area contributed by atoms with Crippen LogP contribution in [0.3, 0.4) is 0 Å². The molecule has 1 fully saturated rings. The fraction of sp³-hybridized carbons (Fsp3) is 0.429. The Hall–Kier alpha value is -3.16. The molecule has 2 heterocycles. The van der Waals surface area contributed by atoms with Gasteiger partial charge < -0.3 is 20.3 Å². The monoisotopic (exact) mass is 397 g/mol. The highest BCUT2D eigenvalue weighted by atomic mass is 16.6. The number of carbonyl (C=O) groups excluding carboxylic acids is 2. The van der Waals surface area contributed by atoms with E-state index in [1.807, 2.05) is 31.2 Å². The smallest absolute Gasteiger partial charge is 0.409 e. The number of nitrogens with one attached hydrogen (secondary N) is 2. The highest BCUT2D eigenvalue weighted by Crippen LogP contribution is 2.15. The Balaban J connectivity index is 1.52. The number of nitrogens with zero attached hydrogens (tertiary/aromatic N) is 3. The molecule has 29 heavy (non-hydrogen) atoms. The molecule has 154 valence electrons. The Morgan fingerprint density at radius 3 is 2.69 bits per heavy atom. The third kappa shape index (κ3) is 5.66. The van der Waals surface area contributed by atoms with Gasteiger partial charge in [0.05, 0.1) is 6.61 Å². The number of hydrogen-bond donors (Lipinski definition) is 2. The molecule has 8 nitrogen and oxygen atoms in total. The van der Waals surface area contributed by atoms with Gasteiger partial charge in [0.1, 0.15) is 5.69 Å². The molecule has 1 aromatic carbocycles. The van der Waals surface area contributed by atoms with Crippen molar-refractivity contribution in [3.8, 4) is 0 Å². The number of benzene rings is 1. The largest absolute Gasteiger partial charge is 0.450 e. The lowest BCUT2D eigenvalue weighted by molar-refractivity contribution is 0.0943. The van der Waals surface area contributed by atoms with E-state index in [0.29, 0.717) is 37.9 Å². The average molecular weight is 397 g/mol. The average Bonchev–Trinajstić information content (AvgIpc) is 2.74. The van der Waals surface area contributed by atoms with Gasteiger partial charge in [-0.15, -0.1) is 0 Å². The van der Waals surface area contributed by atoms with Gasteiger partial charge in [0.15, 0.2) is 0 Å². The molecule has 0 spiro atoms. The molecule has 0 bridgehead atoms. The van der Waals surface area contributed by atoms with Gasteiger partial charge in [-0.25, -0.2) is 14.8 Å². The molecule has 2 N–H and O–H groups in total. The van der Waals surface area contributed by atoms with Crippen molar-refractivity contribution in [2.45, 2.75) is 39.3 Å². The van der Waals surface area contributed by atoms with Gasteiger partial charge >= 0.3 is 6.09 Å². The normalized spacial score (nSPS) is 14.3. The van der Waals surface area contributed by atoms with E-state index in [0.717, 1.165) is 24.0 Å². The zero-order chi connectivity index (χ0) is 20.6. The van der Waals surface area contributed by atoms with Crippen LogP contribution >= 0.6 is 0 Å². The summed E-state index contributed by atoms with van der Waals surface area (Å²) in [5.74, 6) is 0.180. The van der Waals surface area contributed by atoms with E-state index >= 15 is 0 Å². The molecule has 2 amide bonds. The van der Waals surface area contributed by atoms with Crippen LogP contribution in [0.15, 0.2) is 36.5 Å². The number of aromatic nitrogens is 2. The minimum atomic E-state index is -0.269. The third-order valence-electron chi connectivity index (χ3n) is 4.94. The second-order valence-electron chi connectivity index (χ2n) is 6.98.